The van der Waals surface area contributed by atoms with Gasteiger partial charge in [-0.15, -0.1) is 0 Å². The second kappa shape index (κ2) is 30.6. The lowest BCUT2D eigenvalue weighted by atomic mass is 9.96. The van der Waals surface area contributed by atoms with Crippen molar-refractivity contribution in [2.75, 3.05) is 19.7 Å². The molecule has 0 aliphatic rings. The van der Waals surface area contributed by atoms with E-state index in [4.69, 9.17) is 22.3 Å². The number of phenolic OH excluding ortho intramolecular Hbond substituents is 1. The van der Waals surface area contributed by atoms with Crippen LogP contribution in [0.5, 0.6) is 5.75 Å². The van der Waals surface area contributed by atoms with Crippen LogP contribution in [0.4, 0.5) is 0 Å². The molecule has 2 aromatic carbocycles. The highest BCUT2D eigenvalue weighted by Crippen LogP contribution is 2.15. The van der Waals surface area contributed by atoms with Gasteiger partial charge in [0, 0.05) is 32.2 Å². The number of carbonyl (C=O) groups is 10. The number of nitrogens with one attached hydrogen (secondary N) is 7. The Hall–Kier alpha value is -7.87. The van der Waals surface area contributed by atoms with Crippen LogP contribution in [0.25, 0.3) is 0 Å². The number of phenols is 1. The fraction of sp³-hybridized carbons (Fsp3) is 0.489. The Morgan fingerprint density at radius 3 is 1.59 bits per heavy atom. The van der Waals surface area contributed by atoms with Gasteiger partial charge in [-0.2, -0.15) is 0 Å². The third kappa shape index (κ3) is 22.4. The lowest BCUT2D eigenvalue weighted by Gasteiger charge is -2.29. The minimum Gasteiger partial charge on any atom is -0.508 e. The first-order valence-electron chi connectivity index (χ1n) is 22.5. The summed E-state index contributed by atoms with van der Waals surface area (Å²) in [5.74, 6) is -11.9. The van der Waals surface area contributed by atoms with E-state index in [0.717, 1.165) is 0 Å². The molecule has 0 bridgehead atoms. The standard InChI is InChI=1S/C45H65N11O15/c1-3-24(2)37(56-40(66)29(15-17-35(60)61)51-34(59)22-50-38(64)28(46)23-57)43(69)55-33(21-26-11-13-27(58)14-12-26)42(68)54-32(20-25-8-5-4-6-9-25)41(67)52-30(16-18-36(62)63)39(65)53-31(44(70)71)10-7-19-49-45(47)48/h4-6,8-9,11-14,24,28-33,37,57-58H,3,7,10,15-23,46H2,1-2H3,(H,50,64)(H,51,59)(H,52,67)(H,53,65)(H,54,68)(H,55,69)(H,56,66)(H,60,61)(H,62,63)(H,70,71)(H4,47,48,49)/t24-,28-,29-,30-,31-,32-,33-,37-/m0/s1. The number of carbonyl (C=O) groups excluding carboxylic acids is 7. The number of benzene rings is 2. The van der Waals surface area contributed by atoms with Crippen LogP contribution in [0.3, 0.4) is 0 Å². The largest absolute Gasteiger partial charge is 0.508 e. The van der Waals surface area contributed by atoms with Gasteiger partial charge < -0.3 is 80.0 Å². The van der Waals surface area contributed by atoms with Gasteiger partial charge in [0.25, 0.3) is 0 Å². The molecule has 7 amide bonds. The fourth-order valence-electron chi connectivity index (χ4n) is 6.63. The number of amides is 7. The molecular formula is C45H65N11O15. The van der Waals surface area contributed by atoms with Crippen molar-refractivity contribution >= 4 is 65.2 Å². The number of hydrogen-bond acceptors (Lipinski definition) is 14. The summed E-state index contributed by atoms with van der Waals surface area (Å²) >= 11 is 0. The number of carboxylic acids is 3. The Balaban J connectivity index is 2.52. The van der Waals surface area contributed by atoms with Crippen molar-refractivity contribution in [3.8, 4) is 5.75 Å². The molecule has 0 aliphatic carbocycles. The molecule has 26 nitrogen and oxygen atoms in total. The summed E-state index contributed by atoms with van der Waals surface area (Å²) in [5, 5.41) is 64.7. The number of aromatic hydroxyl groups is 1. The van der Waals surface area contributed by atoms with E-state index in [1.165, 1.54) is 24.3 Å². The molecule has 2 aromatic rings. The molecule has 0 radical (unpaired) electrons. The minimum absolute atomic E-state index is 0.0328. The van der Waals surface area contributed by atoms with Gasteiger partial charge in [-0.3, -0.25) is 48.1 Å². The first-order valence-corrected chi connectivity index (χ1v) is 22.5. The average molecular weight is 1000 g/mol. The molecule has 26 heteroatoms. The van der Waals surface area contributed by atoms with Crippen molar-refractivity contribution in [1.29, 1.82) is 0 Å². The maximum atomic E-state index is 14.5. The van der Waals surface area contributed by atoms with Crippen LogP contribution in [0.2, 0.25) is 0 Å². The monoisotopic (exact) mass is 999 g/mol. The molecule has 0 unspecified atom stereocenters. The number of aliphatic imine (C=N–C) groups is 1. The molecule has 390 valence electrons. The molecule has 0 saturated carbocycles. The van der Waals surface area contributed by atoms with Gasteiger partial charge in [0.2, 0.25) is 41.4 Å². The van der Waals surface area contributed by atoms with Crippen molar-refractivity contribution in [2.45, 2.75) is 114 Å². The van der Waals surface area contributed by atoms with Gasteiger partial charge in [-0.1, -0.05) is 62.7 Å². The number of hydrogen-bond donors (Lipinski definition) is 15. The molecule has 0 spiro atoms. The van der Waals surface area contributed by atoms with Gasteiger partial charge in [0.15, 0.2) is 5.96 Å². The van der Waals surface area contributed by atoms with Crippen LogP contribution in [0, 0.1) is 5.92 Å². The van der Waals surface area contributed by atoms with Crippen molar-refractivity contribution in [3.05, 3.63) is 65.7 Å². The van der Waals surface area contributed by atoms with Crippen LogP contribution in [-0.4, -0.2) is 153 Å². The Bertz CT molecular complexity index is 2180. The molecule has 0 aliphatic heterocycles. The zero-order chi connectivity index (χ0) is 53.2. The SMILES string of the molecule is CC[C@H](C)[C@H](NC(=O)[C@H](CCC(=O)O)NC(=O)CNC(=O)[C@@H](N)CO)C(=O)N[C@@H](Cc1ccc(O)cc1)C(=O)N[C@@H](Cc1ccccc1)C(=O)N[C@@H](CCC(=O)O)C(=O)N[C@@H](CCCN=C(N)N)C(=O)O. The van der Waals surface area contributed by atoms with E-state index in [-0.39, 0.29) is 50.4 Å². The Morgan fingerprint density at radius 2 is 1.08 bits per heavy atom. The van der Waals surface area contributed by atoms with Crippen LogP contribution >= 0.6 is 0 Å². The Kier molecular flexibility index (Phi) is 25.5. The van der Waals surface area contributed by atoms with Gasteiger partial charge in [0.1, 0.15) is 48.0 Å². The second-order valence-corrected chi connectivity index (χ2v) is 16.5. The smallest absolute Gasteiger partial charge is 0.326 e. The maximum absolute atomic E-state index is 14.5. The highest BCUT2D eigenvalue weighted by Gasteiger charge is 2.35. The van der Waals surface area contributed by atoms with Crippen molar-refractivity contribution in [2.24, 2.45) is 28.1 Å². The molecular weight excluding hydrogens is 935 g/mol. The third-order valence-corrected chi connectivity index (χ3v) is 10.8. The second-order valence-electron chi connectivity index (χ2n) is 16.5. The molecule has 18 N–H and O–H groups in total. The van der Waals surface area contributed by atoms with Gasteiger partial charge in [0.05, 0.1) is 13.2 Å². The summed E-state index contributed by atoms with van der Waals surface area (Å²) in [6, 6.07) is 3.24. The summed E-state index contributed by atoms with van der Waals surface area (Å²) in [6.45, 7) is 1.88. The quantitative estimate of drug-likeness (QED) is 0.0192. The summed E-state index contributed by atoms with van der Waals surface area (Å²) in [5.41, 5.74) is 17.0. The topological polar surface area (TPSA) is 446 Å². The summed E-state index contributed by atoms with van der Waals surface area (Å²) in [6.07, 6.45) is -2.47. The molecule has 71 heavy (non-hydrogen) atoms. The Morgan fingerprint density at radius 1 is 0.606 bits per heavy atom. The van der Waals surface area contributed by atoms with Crippen molar-refractivity contribution in [1.82, 2.24) is 37.2 Å². The van der Waals surface area contributed by atoms with Crippen LogP contribution in [0.1, 0.15) is 69.9 Å². The van der Waals surface area contributed by atoms with Crippen LogP contribution in [-0.2, 0) is 60.8 Å². The normalized spacial score (nSPS) is 14.2. The van der Waals surface area contributed by atoms with Gasteiger partial charge >= 0.3 is 17.9 Å². The predicted molar refractivity (Wildman–Crippen MR) is 252 cm³/mol. The molecule has 2 rings (SSSR count). The number of nitrogens with two attached hydrogens (primary N) is 3. The molecule has 0 aromatic heterocycles. The lowest BCUT2D eigenvalue weighted by Crippen LogP contribution is -2.61. The summed E-state index contributed by atoms with van der Waals surface area (Å²) < 4.78 is 0. The molecule has 0 fully saturated rings. The summed E-state index contributed by atoms with van der Waals surface area (Å²) in [4.78, 5) is 134. The number of guanidine groups is 1. The Labute approximate surface area is 408 Å². The first-order chi connectivity index (χ1) is 33.5. The van der Waals surface area contributed by atoms with Crippen molar-refractivity contribution in [3.63, 3.8) is 0 Å². The first kappa shape index (κ1) is 59.3. The van der Waals surface area contributed by atoms with E-state index in [1.54, 1.807) is 44.2 Å². The number of carboxylic acid groups (broad SMARTS) is 3. The van der Waals surface area contributed by atoms with E-state index in [2.05, 4.69) is 42.2 Å². The molecule has 8 atom stereocenters. The lowest BCUT2D eigenvalue weighted by molar-refractivity contribution is -0.143. The number of aliphatic carboxylic acids is 3. The van der Waals surface area contributed by atoms with E-state index in [0.29, 0.717) is 11.1 Å². The number of aliphatic hydroxyl groups excluding tert-OH is 1. The van der Waals surface area contributed by atoms with Gasteiger partial charge in [-0.25, -0.2) is 4.79 Å². The maximum Gasteiger partial charge on any atom is 0.326 e. The highest BCUT2D eigenvalue weighted by atomic mass is 16.4. The number of rotatable bonds is 32. The highest BCUT2D eigenvalue weighted by molar-refractivity contribution is 5.97. The summed E-state index contributed by atoms with van der Waals surface area (Å²) in [7, 11) is 0. The van der Waals surface area contributed by atoms with Crippen molar-refractivity contribution < 1.29 is 73.5 Å². The van der Waals surface area contributed by atoms with Crippen LogP contribution < -0.4 is 54.4 Å². The predicted octanol–water partition coefficient (Wildman–Crippen LogP) is -3.56. The van der Waals surface area contributed by atoms with E-state index >= 15 is 0 Å². The van der Waals surface area contributed by atoms with Crippen LogP contribution in [0.15, 0.2) is 59.6 Å². The number of nitrogens with zero attached hydrogens (tertiary/aromatic N) is 1. The molecule has 0 heterocycles. The number of aliphatic hydroxyl groups is 1. The minimum atomic E-state index is -1.63. The average Bonchev–Trinajstić information content (AvgIpc) is 3.32. The van der Waals surface area contributed by atoms with E-state index < -0.39 is 146 Å². The zero-order valence-corrected chi connectivity index (χ0v) is 39.3. The van der Waals surface area contributed by atoms with E-state index in [9.17, 15) is 68.4 Å². The molecule has 0 saturated heterocycles. The zero-order valence-electron chi connectivity index (χ0n) is 39.3. The third-order valence-electron chi connectivity index (χ3n) is 10.8. The van der Waals surface area contributed by atoms with Gasteiger partial charge in [-0.05, 0) is 54.9 Å². The van der Waals surface area contributed by atoms with E-state index in [1.807, 2.05) is 0 Å². The fourth-order valence-corrected chi connectivity index (χ4v) is 6.63.